The van der Waals surface area contributed by atoms with E-state index < -0.39 is 6.10 Å². The molecule has 0 fully saturated rings. The lowest BCUT2D eigenvalue weighted by atomic mass is 10.0. The van der Waals surface area contributed by atoms with Gasteiger partial charge in [-0.3, -0.25) is 9.59 Å². The predicted octanol–water partition coefficient (Wildman–Crippen LogP) is 11.3. The van der Waals surface area contributed by atoms with Crippen LogP contribution in [0.2, 0.25) is 0 Å². The van der Waals surface area contributed by atoms with E-state index >= 15 is 0 Å². The fourth-order valence-corrected chi connectivity index (χ4v) is 5.16. The number of rotatable bonds is 33. The first-order valence-electron chi connectivity index (χ1n) is 18.5. The quantitative estimate of drug-likeness (QED) is 0.0450. The Labute approximate surface area is 272 Å². The molecule has 0 radical (unpaired) electrons. The van der Waals surface area contributed by atoms with Crippen LogP contribution >= 0.6 is 0 Å². The lowest BCUT2D eigenvalue weighted by Crippen LogP contribution is -2.28. The highest BCUT2D eigenvalue weighted by Gasteiger charge is 2.16. The zero-order valence-corrected chi connectivity index (χ0v) is 28.9. The van der Waals surface area contributed by atoms with Crippen molar-refractivity contribution >= 4 is 11.9 Å². The van der Waals surface area contributed by atoms with Crippen LogP contribution < -0.4 is 0 Å². The number of carbonyl (C=O) groups excluding carboxylic acids is 2. The van der Waals surface area contributed by atoms with Gasteiger partial charge >= 0.3 is 11.9 Å². The minimum Gasteiger partial charge on any atom is -0.462 e. The number of hydrogen-bond donors (Lipinski definition) is 1. The standard InChI is InChI=1S/C39H70O5/c1-3-5-7-9-11-13-15-17-19-21-23-25-27-29-31-33-38(41)43-36-37(35-40)44-39(42)34-32-30-28-26-24-22-20-18-16-14-12-10-8-6-4-2/h6,8,12,14,18,20,37,40H,3-5,7,9-11,13,15-17,19,21-36H2,1-2H3/b8-6-,14-12-,20-18-/t37-/m1/s1. The van der Waals surface area contributed by atoms with E-state index in [0.29, 0.717) is 12.8 Å². The van der Waals surface area contributed by atoms with Gasteiger partial charge in [0.1, 0.15) is 6.61 Å². The summed E-state index contributed by atoms with van der Waals surface area (Å²) in [5.41, 5.74) is 0. The maximum absolute atomic E-state index is 12.1. The Balaban J connectivity index is 3.58. The first-order chi connectivity index (χ1) is 21.6. The number of esters is 2. The number of hydrogen-bond acceptors (Lipinski definition) is 5. The van der Waals surface area contributed by atoms with Crippen molar-refractivity contribution in [1.82, 2.24) is 0 Å². The molecule has 0 bridgehead atoms. The molecule has 0 saturated carbocycles. The van der Waals surface area contributed by atoms with Crippen molar-refractivity contribution < 1.29 is 24.2 Å². The van der Waals surface area contributed by atoms with Crippen LogP contribution in [0.5, 0.6) is 0 Å². The summed E-state index contributed by atoms with van der Waals surface area (Å²) >= 11 is 0. The third-order valence-corrected chi connectivity index (χ3v) is 7.95. The van der Waals surface area contributed by atoms with Gasteiger partial charge in [-0.05, 0) is 44.9 Å². The second-order valence-corrected chi connectivity index (χ2v) is 12.3. The Morgan fingerprint density at radius 1 is 0.545 bits per heavy atom. The molecule has 1 atom stereocenters. The third kappa shape index (κ3) is 33.0. The van der Waals surface area contributed by atoms with Crippen molar-refractivity contribution in [1.29, 1.82) is 0 Å². The highest BCUT2D eigenvalue weighted by atomic mass is 16.6. The van der Waals surface area contributed by atoms with E-state index in [1.165, 1.54) is 83.5 Å². The first kappa shape index (κ1) is 42.1. The van der Waals surface area contributed by atoms with Crippen molar-refractivity contribution in [2.24, 2.45) is 0 Å². The van der Waals surface area contributed by atoms with E-state index in [9.17, 15) is 14.7 Å². The number of unbranched alkanes of at least 4 members (excludes halogenated alkanes) is 19. The van der Waals surface area contributed by atoms with Gasteiger partial charge < -0.3 is 14.6 Å². The SMILES string of the molecule is CC/C=C\C/C=C\C/C=C\CCCCCCCC(=O)O[C@H](CO)COC(=O)CCCCCCCCCCCCCCCCC. The fourth-order valence-electron chi connectivity index (χ4n) is 5.16. The van der Waals surface area contributed by atoms with E-state index in [2.05, 4.69) is 50.3 Å². The molecular formula is C39H70O5. The van der Waals surface area contributed by atoms with Gasteiger partial charge in [0.15, 0.2) is 6.10 Å². The fraction of sp³-hybridized carbons (Fsp3) is 0.795. The van der Waals surface area contributed by atoms with Crippen LogP contribution in [-0.4, -0.2) is 36.4 Å². The highest BCUT2D eigenvalue weighted by molar-refractivity contribution is 5.70. The minimum atomic E-state index is -0.776. The summed E-state index contributed by atoms with van der Waals surface area (Å²) in [6, 6.07) is 0. The summed E-state index contributed by atoms with van der Waals surface area (Å²) in [6.45, 7) is 4.01. The van der Waals surface area contributed by atoms with Gasteiger partial charge in [0.05, 0.1) is 6.61 Å². The Kier molecular flexibility index (Phi) is 34.1. The summed E-state index contributed by atoms with van der Waals surface area (Å²) in [7, 11) is 0. The Bertz CT molecular complexity index is 711. The van der Waals surface area contributed by atoms with E-state index in [1.807, 2.05) is 0 Å². The Morgan fingerprint density at radius 2 is 0.977 bits per heavy atom. The van der Waals surface area contributed by atoms with Crippen molar-refractivity contribution in [2.75, 3.05) is 13.2 Å². The maximum Gasteiger partial charge on any atom is 0.306 e. The molecule has 0 aliphatic carbocycles. The zero-order valence-electron chi connectivity index (χ0n) is 28.9. The van der Waals surface area contributed by atoms with Gasteiger partial charge in [-0.15, -0.1) is 0 Å². The molecule has 0 heterocycles. The molecule has 0 aromatic heterocycles. The van der Waals surface area contributed by atoms with E-state index in [0.717, 1.165) is 70.6 Å². The van der Waals surface area contributed by atoms with E-state index in [1.54, 1.807) is 0 Å². The molecule has 5 heteroatoms. The second kappa shape index (κ2) is 35.6. The molecule has 0 unspecified atom stereocenters. The molecule has 1 N–H and O–H groups in total. The molecular weight excluding hydrogens is 548 g/mol. The van der Waals surface area contributed by atoms with Crippen LogP contribution in [0.1, 0.15) is 181 Å². The lowest BCUT2D eigenvalue weighted by molar-refractivity contribution is -0.161. The van der Waals surface area contributed by atoms with Gasteiger partial charge in [0.2, 0.25) is 0 Å². The van der Waals surface area contributed by atoms with E-state index in [-0.39, 0.29) is 25.2 Å². The van der Waals surface area contributed by atoms with Crippen LogP contribution in [0.3, 0.4) is 0 Å². The van der Waals surface area contributed by atoms with Crippen LogP contribution in [0, 0.1) is 0 Å². The van der Waals surface area contributed by atoms with Gasteiger partial charge in [0, 0.05) is 12.8 Å². The minimum absolute atomic E-state index is 0.0704. The lowest BCUT2D eigenvalue weighted by Gasteiger charge is -2.15. The Morgan fingerprint density at radius 3 is 1.48 bits per heavy atom. The van der Waals surface area contributed by atoms with Gasteiger partial charge in [-0.2, -0.15) is 0 Å². The number of aliphatic hydroxyl groups is 1. The second-order valence-electron chi connectivity index (χ2n) is 12.3. The molecule has 0 amide bonds. The third-order valence-electron chi connectivity index (χ3n) is 7.95. The van der Waals surface area contributed by atoms with Crippen molar-refractivity contribution in [3.8, 4) is 0 Å². The molecule has 256 valence electrons. The molecule has 0 aromatic carbocycles. The van der Waals surface area contributed by atoms with Gasteiger partial charge in [-0.1, -0.05) is 159 Å². The molecule has 0 saturated heterocycles. The summed E-state index contributed by atoms with van der Waals surface area (Å²) < 4.78 is 10.6. The normalized spacial score (nSPS) is 12.5. The molecule has 0 aliphatic heterocycles. The number of carbonyl (C=O) groups is 2. The molecule has 0 aliphatic rings. The van der Waals surface area contributed by atoms with Crippen LogP contribution in [0.4, 0.5) is 0 Å². The highest BCUT2D eigenvalue weighted by Crippen LogP contribution is 2.14. The van der Waals surface area contributed by atoms with Gasteiger partial charge in [0.25, 0.3) is 0 Å². The molecule has 0 spiro atoms. The van der Waals surface area contributed by atoms with Crippen molar-refractivity contribution in [3.05, 3.63) is 36.5 Å². The first-order valence-corrected chi connectivity index (χ1v) is 18.5. The monoisotopic (exact) mass is 619 g/mol. The zero-order chi connectivity index (χ0) is 32.2. The molecule has 0 aromatic rings. The van der Waals surface area contributed by atoms with Crippen molar-refractivity contribution in [3.63, 3.8) is 0 Å². The maximum atomic E-state index is 12.1. The predicted molar refractivity (Wildman–Crippen MR) is 187 cm³/mol. The van der Waals surface area contributed by atoms with Crippen LogP contribution in [-0.2, 0) is 19.1 Å². The summed E-state index contributed by atoms with van der Waals surface area (Å²) in [4.78, 5) is 24.2. The molecule has 5 nitrogen and oxygen atoms in total. The topological polar surface area (TPSA) is 72.8 Å². The summed E-state index contributed by atoms with van der Waals surface area (Å²) in [5.74, 6) is -0.607. The summed E-state index contributed by atoms with van der Waals surface area (Å²) in [5, 5.41) is 9.53. The Hall–Kier alpha value is -1.88. The van der Waals surface area contributed by atoms with Crippen molar-refractivity contribution in [2.45, 2.75) is 187 Å². The van der Waals surface area contributed by atoms with Crippen LogP contribution in [0.15, 0.2) is 36.5 Å². The molecule has 0 rings (SSSR count). The van der Waals surface area contributed by atoms with Crippen LogP contribution in [0.25, 0.3) is 0 Å². The number of ether oxygens (including phenoxy) is 2. The molecule has 44 heavy (non-hydrogen) atoms. The average Bonchev–Trinajstić information content (AvgIpc) is 3.02. The van der Waals surface area contributed by atoms with Gasteiger partial charge in [-0.25, -0.2) is 0 Å². The smallest absolute Gasteiger partial charge is 0.306 e. The van der Waals surface area contributed by atoms with E-state index in [4.69, 9.17) is 9.47 Å². The summed E-state index contributed by atoms with van der Waals surface area (Å²) in [6.07, 6.45) is 42.0. The largest absolute Gasteiger partial charge is 0.462 e. The number of aliphatic hydroxyl groups excluding tert-OH is 1. The average molecular weight is 619 g/mol. The number of allylic oxidation sites excluding steroid dienone is 6.